The zero-order valence-corrected chi connectivity index (χ0v) is 16.6. The number of hydrogen-bond donors (Lipinski definition) is 3. The first-order valence-corrected chi connectivity index (χ1v) is 9.49. The predicted molar refractivity (Wildman–Crippen MR) is 107 cm³/mol. The van der Waals surface area contributed by atoms with Crippen molar-refractivity contribution in [1.29, 1.82) is 0 Å². The van der Waals surface area contributed by atoms with E-state index in [9.17, 15) is 14.7 Å². The number of carbonyl (C=O) groups is 2. The SMILES string of the molecule is CCCN(CCN(CC(=O)O)CC(C)Cc1ccc(NC)cc1)CC(=O)O. The van der Waals surface area contributed by atoms with Gasteiger partial charge in [-0.05, 0) is 43.0 Å². The molecule has 3 N–H and O–H groups in total. The first-order chi connectivity index (χ1) is 12.8. The second-order valence-corrected chi connectivity index (χ2v) is 7.05. The van der Waals surface area contributed by atoms with Crippen LogP contribution in [0.1, 0.15) is 25.8 Å². The quantitative estimate of drug-likeness (QED) is 0.456. The topological polar surface area (TPSA) is 93.1 Å². The monoisotopic (exact) mass is 379 g/mol. The van der Waals surface area contributed by atoms with Gasteiger partial charge < -0.3 is 15.5 Å². The van der Waals surface area contributed by atoms with Crippen LogP contribution in [0, 0.1) is 5.92 Å². The Balaban J connectivity index is 2.60. The van der Waals surface area contributed by atoms with Crippen LogP contribution in [-0.2, 0) is 16.0 Å². The van der Waals surface area contributed by atoms with Crippen LogP contribution < -0.4 is 5.32 Å². The minimum atomic E-state index is -0.860. The zero-order chi connectivity index (χ0) is 20.2. The maximum absolute atomic E-state index is 11.2. The van der Waals surface area contributed by atoms with Gasteiger partial charge in [0.25, 0.3) is 0 Å². The summed E-state index contributed by atoms with van der Waals surface area (Å²) in [4.78, 5) is 26.0. The summed E-state index contributed by atoms with van der Waals surface area (Å²) >= 11 is 0. The van der Waals surface area contributed by atoms with Crippen molar-refractivity contribution in [1.82, 2.24) is 9.80 Å². The third kappa shape index (κ3) is 9.96. The molecule has 0 amide bonds. The van der Waals surface area contributed by atoms with Gasteiger partial charge in [0, 0.05) is 32.4 Å². The van der Waals surface area contributed by atoms with Crippen LogP contribution in [0.4, 0.5) is 5.69 Å². The van der Waals surface area contributed by atoms with Gasteiger partial charge in [0.05, 0.1) is 13.1 Å². The van der Waals surface area contributed by atoms with E-state index in [2.05, 4.69) is 24.4 Å². The smallest absolute Gasteiger partial charge is 0.317 e. The van der Waals surface area contributed by atoms with Crippen molar-refractivity contribution < 1.29 is 19.8 Å². The summed E-state index contributed by atoms with van der Waals surface area (Å²) in [6, 6.07) is 8.23. The number of anilines is 1. The second kappa shape index (κ2) is 12.3. The van der Waals surface area contributed by atoms with Crippen LogP contribution in [0.3, 0.4) is 0 Å². The predicted octanol–water partition coefficient (Wildman–Crippen LogP) is 2.09. The lowest BCUT2D eigenvalue weighted by Crippen LogP contribution is -2.41. The Morgan fingerprint density at radius 2 is 1.56 bits per heavy atom. The molecule has 0 spiro atoms. The third-order valence-electron chi connectivity index (χ3n) is 4.39. The fourth-order valence-electron chi connectivity index (χ4n) is 3.20. The molecule has 0 aliphatic carbocycles. The summed E-state index contributed by atoms with van der Waals surface area (Å²) in [6.45, 7) is 6.53. The lowest BCUT2D eigenvalue weighted by molar-refractivity contribution is -0.140. The molecule has 0 saturated heterocycles. The fourth-order valence-corrected chi connectivity index (χ4v) is 3.20. The summed E-state index contributed by atoms with van der Waals surface area (Å²) < 4.78 is 0. The van der Waals surface area contributed by atoms with E-state index < -0.39 is 11.9 Å². The maximum atomic E-state index is 11.2. The molecule has 0 aliphatic heterocycles. The number of rotatable bonds is 14. The number of carboxylic acids is 2. The summed E-state index contributed by atoms with van der Waals surface area (Å²) in [5, 5.41) is 21.3. The largest absolute Gasteiger partial charge is 0.480 e. The minimum absolute atomic E-state index is 0.0118. The second-order valence-electron chi connectivity index (χ2n) is 7.05. The van der Waals surface area contributed by atoms with Crippen LogP contribution in [0.15, 0.2) is 24.3 Å². The van der Waals surface area contributed by atoms with Crippen molar-refractivity contribution in [2.75, 3.05) is 51.6 Å². The molecule has 0 bridgehead atoms. The zero-order valence-electron chi connectivity index (χ0n) is 16.6. The van der Waals surface area contributed by atoms with Crippen LogP contribution in [-0.4, -0.2) is 78.3 Å². The Kier molecular flexibility index (Phi) is 10.4. The van der Waals surface area contributed by atoms with E-state index in [-0.39, 0.29) is 13.1 Å². The molecule has 0 heterocycles. The summed E-state index contributed by atoms with van der Waals surface area (Å²) in [5.74, 6) is -1.42. The lowest BCUT2D eigenvalue weighted by atomic mass is 10.00. The van der Waals surface area contributed by atoms with E-state index in [1.54, 1.807) is 0 Å². The number of nitrogens with one attached hydrogen (secondary N) is 1. The molecular weight excluding hydrogens is 346 g/mol. The summed E-state index contributed by atoms with van der Waals surface area (Å²) in [7, 11) is 1.88. The van der Waals surface area contributed by atoms with Crippen LogP contribution in [0.25, 0.3) is 0 Å². The molecule has 0 fully saturated rings. The van der Waals surface area contributed by atoms with Crippen LogP contribution >= 0.6 is 0 Å². The highest BCUT2D eigenvalue weighted by Gasteiger charge is 2.16. The number of carboxylic acid groups (broad SMARTS) is 2. The van der Waals surface area contributed by atoms with Gasteiger partial charge in [0.1, 0.15) is 0 Å². The van der Waals surface area contributed by atoms with E-state index in [1.165, 1.54) is 5.56 Å². The Morgan fingerprint density at radius 3 is 2.07 bits per heavy atom. The normalized spacial score (nSPS) is 12.3. The highest BCUT2D eigenvalue weighted by atomic mass is 16.4. The average Bonchev–Trinajstić information content (AvgIpc) is 2.59. The molecular formula is C20H33N3O4. The van der Waals surface area contributed by atoms with Crippen LogP contribution in [0.2, 0.25) is 0 Å². The summed E-state index contributed by atoms with van der Waals surface area (Å²) in [6.07, 6.45) is 1.74. The maximum Gasteiger partial charge on any atom is 0.317 e. The van der Waals surface area contributed by atoms with Gasteiger partial charge in [-0.3, -0.25) is 19.4 Å². The average molecular weight is 380 g/mol. The lowest BCUT2D eigenvalue weighted by Gasteiger charge is -2.27. The molecule has 1 unspecified atom stereocenters. The number of hydrogen-bond acceptors (Lipinski definition) is 5. The first-order valence-electron chi connectivity index (χ1n) is 9.49. The van der Waals surface area contributed by atoms with Crippen molar-refractivity contribution in [3.63, 3.8) is 0 Å². The van der Waals surface area contributed by atoms with Crippen molar-refractivity contribution in [3.05, 3.63) is 29.8 Å². The number of benzene rings is 1. The van der Waals surface area contributed by atoms with E-state index in [0.717, 1.165) is 18.5 Å². The van der Waals surface area contributed by atoms with Crippen molar-refractivity contribution >= 4 is 17.6 Å². The van der Waals surface area contributed by atoms with Gasteiger partial charge in [-0.2, -0.15) is 0 Å². The van der Waals surface area contributed by atoms with Gasteiger partial charge >= 0.3 is 11.9 Å². The Morgan fingerprint density at radius 1 is 1.00 bits per heavy atom. The first kappa shape index (κ1) is 22.9. The van der Waals surface area contributed by atoms with E-state index in [4.69, 9.17) is 5.11 Å². The molecule has 152 valence electrons. The van der Waals surface area contributed by atoms with E-state index >= 15 is 0 Å². The molecule has 0 saturated carbocycles. The molecule has 27 heavy (non-hydrogen) atoms. The molecule has 1 aromatic rings. The van der Waals surface area contributed by atoms with Gasteiger partial charge in [-0.15, -0.1) is 0 Å². The minimum Gasteiger partial charge on any atom is -0.480 e. The molecule has 1 rings (SSSR count). The Hall–Kier alpha value is -2.12. The van der Waals surface area contributed by atoms with Gasteiger partial charge in [-0.25, -0.2) is 0 Å². The third-order valence-corrected chi connectivity index (χ3v) is 4.39. The highest BCUT2D eigenvalue weighted by molar-refractivity contribution is 5.69. The molecule has 0 aliphatic rings. The summed E-state index contributed by atoms with van der Waals surface area (Å²) in [5.41, 5.74) is 2.28. The molecule has 7 nitrogen and oxygen atoms in total. The van der Waals surface area contributed by atoms with Gasteiger partial charge in [-0.1, -0.05) is 26.0 Å². The Labute approximate surface area is 162 Å². The van der Waals surface area contributed by atoms with Gasteiger partial charge in [0.2, 0.25) is 0 Å². The Bertz CT molecular complexity index is 577. The van der Waals surface area contributed by atoms with Crippen LogP contribution in [0.5, 0.6) is 0 Å². The fraction of sp³-hybridized carbons (Fsp3) is 0.600. The van der Waals surface area contributed by atoms with E-state index in [0.29, 0.717) is 32.1 Å². The molecule has 0 radical (unpaired) electrons. The van der Waals surface area contributed by atoms with E-state index in [1.807, 2.05) is 35.9 Å². The van der Waals surface area contributed by atoms with Crippen molar-refractivity contribution in [3.8, 4) is 0 Å². The number of nitrogens with zero attached hydrogens (tertiary/aromatic N) is 2. The molecule has 0 aromatic heterocycles. The standard InChI is InChI=1S/C20H33N3O4/c1-4-9-22(14-19(24)25)10-11-23(15-20(26)27)13-16(2)12-17-5-7-18(21-3)8-6-17/h5-8,16,21H,4,9-15H2,1-3H3,(H,24,25)(H,26,27). The molecule has 7 heteroatoms. The molecule has 1 aromatic carbocycles. The highest BCUT2D eigenvalue weighted by Crippen LogP contribution is 2.14. The van der Waals surface area contributed by atoms with Crippen molar-refractivity contribution in [2.24, 2.45) is 5.92 Å². The van der Waals surface area contributed by atoms with Gasteiger partial charge in [0.15, 0.2) is 0 Å². The molecule has 1 atom stereocenters. The number of aliphatic carboxylic acids is 2. The van der Waals surface area contributed by atoms with Crippen molar-refractivity contribution in [2.45, 2.75) is 26.7 Å².